The maximum Gasteiger partial charge on any atom is 0.216 e. The fourth-order valence-electron chi connectivity index (χ4n) is 2.64. The Labute approximate surface area is 120 Å². The molecule has 5 heteroatoms. The van der Waals surface area contributed by atoms with Crippen LogP contribution in [0.25, 0.3) is 0 Å². The van der Waals surface area contributed by atoms with Crippen LogP contribution in [0.4, 0.5) is 5.82 Å². The number of piperidine rings is 1. The number of aromatic nitrogens is 1. The van der Waals surface area contributed by atoms with Gasteiger partial charge in [0.2, 0.25) is 5.91 Å². The number of hydrogen-bond donors (Lipinski definition) is 2. The highest BCUT2D eigenvalue weighted by Crippen LogP contribution is 2.27. The average Bonchev–Trinajstić information content (AvgIpc) is 2.45. The Morgan fingerprint density at radius 3 is 2.85 bits per heavy atom. The summed E-state index contributed by atoms with van der Waals surface area (Å²) in [6.45, 7) is 5.92. The fourth-order valence-corrected chi connectivity index (χ4v) is 2.64. The second-order valence-corrected chi connectivity index (χ2v) is 5.46. The van der Waals surface area contributed by atoms with E-state index in [1.54, 1.807) is 20.0 Å². The van der Waals surface area contributed by atoms with E-state index < -0.39 is 6.10 Å². The van der Waals surface area contributed by atoms with Gasteiger partial charge in [-0.05, 0) is 31.7 Å². The van der Waals surface area contributed by atoms with Crippen LogP contribution < -0.4 is 10.2 Å². The summed E-state index contributed by atoms with van der Waals surface area (Å²) in [5.41, 5.74) is 0.882. The number of rotatable bonds is 4. The molecule has 0 spiro atoms. The van der Waals surface area contributed by atoms with Crippen LogP contribution in [-0.4, -0.2) is 35.6 Å². The van der Waals surface area contributed by atoms with E-state index >= 15 is 0 Å². The van der Waals surface area contributed by atoms with Gasteiger partial charge in [0.1, 0.15) is 5.82 Å². The molecule has 1 aromatic rings. The molecule has 110 valence electrons. The number of aliphatic hydroxyl groups is 1. The number of anilines is 1. The Balaban J connectivity index is 1.95. The minimum absolute atomic E-state index is 0.0357. The fraction of sp³-hybridized carbons (Fsp3) is 0.600. The molecule has 0 aliphatic carbocycles. The SMILES string of the molecule is CC(=O)NCC1CCN(c2ncccc2C(C)O)CC1. The first-order valence-electron chi connectivity index (χ1n) is 7.20. The third kappa shape index (κ3) is 3.70. The summed E-state index contributed by atoms with van der Waals surface area (Å²) in [6, 6.07) is 3.78. The highest BCUT2D eigenvalue weighted by molar-refractivity contribution is 5.72. The van der Waals surface area contributed by atoms with Crippen LogP contribution in [0.5, 0.6) is 0 Å². The standard InChI is InChI=1S/C15H23N3O2/c1-11(19)14-4-3-7-16-15(14)18-8-5-13(6-9-18)10-17-12(2)20/h3-4,7,11,13,19H,5-6,8-10H2,1-2H3,(H,17,20). The molecule has 0 saturated carbocycles. The number of hydrogen-bond acceptors (Lipinski definition) is 4. The van der Waals surface area contributed by atoms with E-state index in [0.717, 1.165) is 43.9 Å². The zero-order valence-electron chi connectivity index (χ0n) is 12.2. The van der Waals surface area contributed by atoms with Crippen LogP contribution in [0.1, 0.15) is 38.4 Å². The van der Waals surface area contributed by atoms with Crippen LogP contribution in [-0.2, 0) is 4.79 Å². The number of aliphatic hydroxyl groups excluding tert-OH is 1. The molecular formula is C15H23N3O2. The quantitative estimate of drug-likeness (QED) is 0.875. The Bertz CT molecular complexity index is 454. The molecule has 1 saturated heterocycles. The molecule has 0 aromatic carbocycles. The molecule has 1 aliphatic rings. The molecule has 0 radical (unpaired) electrons. The summed E-state index contributed by atoms with van der Waals surface area (Å²) in [4.78, 5) is 17.6. The van der Waals surface area contributed by atoms with Crippen LogP contribution in [0, 0.1) is 5.92 Å². The van der Waals surface area contributed by atoms with Crippen molar-refractivity contribution in [3.05, 3.63) is 23.9 Å². The van der Waals surface area contributed by atoms with Crippen molar-refractivity contribution in [3.8, 4) is 0 Å². The van der Waals surface area contributed by atoms with Gasteiger partial charge in [-0.3, -0.25) is 4.79 Å². The number of amides is 1. The number of nitrogens with zero attached hydrogens (tertiary/aromatic N) is 2. The molecule has 1 unspecified atom stereocenters. The highest BCUT2D eigenvalue weighted by atomic mass is 16.3. The first kappa shape index (κ1) is 14.8. The van der Waals surface area contributed by atoms with Crippen molar-refractivity contribution in [3.63, 3.8) is 0 Å². The van der Waals surface area contributed by atoms with Crippen molar-refractivity contribution in [2.75, 3.05) is 24.5 Å². The predicted octanol–water partition coefficient (Wildman–Crippen LogP) is 1.49. The van der Waals surface area contributed by atoms with Crippen molar-refractivity contribution in [2.24, 2.45) is 5.92 Å². The average molecular weight is 277 g/mol. The van der Waals surface area contributed by atoms with E-state index in [-0.39, 0.29) is 5.91 Å². The second kappa shape index (κ2) is 6.70. The minimum atomic E-state index is -0.504. The van der Waals surface area contributed by atoms with Gasteiger partial charge in [-0.25, -0.2) is 4.98 Å². The van der Waals surface area contributed by atoms with Crippen molar-refractivity contribution in [1.82, 2.24) is 10.3 Å². The maximum absolute atomic E-state index is 10.9. The summed E-state index contributed by atoms with van der Waals surface area (Å²) in [6.07, 6.45) is 3.34. The Morgan fingerprint density at radius 2 is 2.25 bits per heavy atom. The van der Waals surface area contributed by atoms with Gasteiger partial charge < -0.3 is 15.3 Å². The third-order valence-corrected chi connectivity index (χ3v) is 3.82. The molecule has 1 aromatic heterocycles. The Morgan fingerprint density at radius 1 is 1.55 bits per heavy atom. The normalized spacial score (nSPS) is 17.9. The number of carbonyl (C=O) groups excluding carboxylic acids is 1. The van der Waals surface area contributed by atoms with Gasteiger partial charge in [0.25, 0.3) is 0 Å². The summed E-state index contributed by atoms with van der Waals surface area (Å²) in [5.74, 6) is 1.46. The third-order valence-electron chi connectivity index (χ3n) is 3.82. The zero-order chi connectivity index (χ0) is 14.5. The highest BCUT2D eigenvalue weighted by Gasteiger charge is 2.22. The summed E-state index contributed by atoms with van der Waals surface area (Å²) in [7, 11) is 0. The van der Waals surface area contributed by atoms with Gasteiger partial charge in [-0.15, -0.1) is 0 Å². The molecule has 1 atom stereocenters. The second-order valence-electron chi connectivity index (χ2n) is 5.46. The molecule has 2 N–H and O–H groups in total. The lowest BCUT2D eigenvalue weighted by Gasteiger charge is -2.34. The van der Waals surface area contributed by atoms with E-state index in [0.29, 0.717) is 5.92 Å². The van der Waals surface area contributed by atoms with Gasteiger partial charge in [0, 0.05) is 38.3 Å². The number of pyridine rings is 1. The van der Waals surface area contributed by atoms with Crippen molar-refractivity contribution in [2.45, 2.75) is 32.8 Å². The molecule has 0 bridgehead atoms. The molecule has 5 nitrogen and oxygen atoms in total. The maximum atomic E-state index is 10.9. The summed E-state index contributed by atoms with van der Waals surface area (Å²) >= 11 is 0. The van der Waals surface area contributed by atoms with Crippen LogP contribution in [0.3, 0.4) is 0 Å². The largest absolute Gasteiger partial charge is 0.389 e. The van der Waals surface area contributed by atoms with Crippen molar-refractivity contribution in [1.29, 1.82) is 0 Å². The van der Waals surface area contributed by atoms with Gasteiger partial charge >= 0.3 is 0 Å². The number of carbonyl (C=O) groups is 1. The first-order chi connectivity index (χ1) is 9.58. The zero-order valence-corrected chi connectivity index (χ0v) is 12.2. The molecule has 2 rings (SSSR count). The predicted molar refractivity (Wildman–Crippen MR) is 78.5 cm³/mol. The van der Waals surface area contributed by atoms with Crippen LogP contribution >= 0.6 is 0 Å². The molecule has 1 fully saturated rings. The minimum Gasteiger partial charge on any atom is -0.389 e. The molecular weight excluding hydrogens is 254 g/mol. The smallest absolute Gasteiger partial charge is 0.216 e. The van der Waals surface area contributed by atoms with E-state index in [1.165, 1.54) is 0 Å². The van der Waals surface area contributed by atoms with E-state index in [4.69, 9.17) is 0 Å². The van der Waals surface area contributed by atoms with Crippen LogP contribution in [0.15, 0.2) is 18.3 Å². The topological polar surface area (TPSA) is 65.5 Å². The monoisotopic (exact) mass is 277 g/mol. The Hall–Kier alpha value is -1.62. The first-order valence-corrected chi connectivity index (χ1v) is 7.20. The summed E-state index contributed by atoms with van der Waals surface area (Å²) < 4.78 is 0. The van der Waals surface area contributed by atoms with Gasteiger partial charge in [-0.1, -0.05) is 6.07 Å². The number of nitrogens with one attached hydrogen (secondary N) is 1. The Kier molecular flexibility index (Phi) is 4.95. The van der Waals surface area contributed by atoms with Crippen molar-refractivity contribution >= 4 is 11.7 Å². The lowest BCUT2D eigenvalue weighted by molar-refractivity contribution is -0.119. The van der Waals surface area contributed by atoms with E-state index in [1.807, 2.05) is 12.1 Å². The van der Waals surface area contributed by atoms with E-state index in [2.05, 4.69) is 15.2 Å². The van der Waals surface area contributed by atoms with Crippen LogP contribution in [0.2, 0.25) is 0 Å². The van der Waals surface area contributed by atoms with Gasteiger partial charge in [0.05, 0.1) is 6.10 Å². The lowest BCUT2D eigenvalue weighted by Crippen LogP contribution is -2.39. The molecule has 1 amide bonds. The van der Waals surface area contributed by atoms with Gasteiger partial charge in [0.15, 0.2) is 0 Å². The van der Waals surface area contributed by atoms with Crippen molar-refractivity contribution < 1.29 is 9.90 Å². The lowest BCUT2D eigenvalue weighted by atomic mass is 9.96. The van der Waals surface area contributed by atoms with E-state index in [9.17, 15) is 9.90 Å². The molecule has 2 heterocycles. The molecule has 1 aliphatic heterocycles. The summed E-state index contributed by atoms with van der Waals surface area (Å²) in [5, 5.41) is 12.7. The van der Waals surface area contributed by atoms with Gasteiger partial charge in [-0.2, -0.15) is 0 Å². The molecule has 20 heavy (non-hydrogen) atoms.